The number of nitrogens with one attached hydrogen (secondary N) is 1. The molecule has 0 unspecified atom stereocenters. The van der Waals surface area contributed by atoms with Crippen molar-refractivity contribution in [3.63, 3.8) is 0 Å². The quantitative estimate of drug-likeness (QED) is 0.890. The molecule has 3 rings (SSSR count). The molecule has 2 amide bonds. The molecule has 7 heteroatoms. The van der Waals surface area contributed by atoms with E-state index in [2.05, 4.69) is 5.32 Å². The number of halogens is 3. The van der Waals surface area contributed by atoms with Gasteiger partial charge in [-0.1, -0.05) is 12.1 Å². The van der Waals surface area contributed by atoms with Crippen molar-refractivity contribution in [3.8, 4) is 0 Å². The van der Waals surface area contributed by atoms with Crippen LogP contribution in [0.5, 0.6) is 0 Å². The van der Waals surface area contributed by atoms with Gasteiger partial charge in [0, 0.05) is 31.1 Å². The Labute approximate surface area is 155 Å². The van der Waals surface area contributed by atoms with Crippen molar-refractivity contribution in [1.82, 2.24) is 10.2 Å². The highest BCUT2D eigenvalue weighted by molar-refractivity contribution is 5.94. The Balaban J connectivity index is 1.50. The molecule has 1 N–H and O–H groups in total. The standard InChI is InChI=1S/C20H19F3N2O2/c21-16-4-1-13(2-5-16)12-24-19(26)14-7-9-25(10-8-14)20(27)15-3-6-17(22)18(23)11-15/h1-6,11,14H,7-10,12H2,(H,24,26). The van der Waals surface area contributed by atoms with Crippen molar-refractivity contribution >= 4 is 11.8 Å². The zero-order valence-electron chi connectivity index (χ0n) is 14.6. The van der Waals surface area contributed by atoms with Gasteiger partial charge in [-0.15, -0.1) is 0 Å². The van der Waals surface area contributed by atoms with Gasteiger partial charge >= 0.3 is 0 Å². The Bertz CT molecular complexity index is 832. The lowest BCUT2D eigenvalue weighted by atomic mass is 9.95. The van der Waals surface area contributed by atoms with Crippen LogP contribution < -0.4 is 5.32 Å². The van der Waals surface area contributed by atoms with Crippen molar-refractivity contribution in [3.05, 3.63) is 71.0 Å². The molecule has 1 aliphatic heterocycles. The normalized spacial score (nSPS) is 14.9. The average molecular weight is 376 g/mol. The maximum absolute atomic E-state index is 13.3. The monoisotopic (exact) mass is 376 g/mol. The van der Waals surface area contributed by atoms with Crippen LogP contribution in [0.25, 0.3) is 0 Å². The third-order valence-corrected chi connectivity index (χ3v) is 4.70. The van der Waals surface area contributed by atoms with E-state index in [9.17, 15) is 22.8 Å². The molecule has 27 heavy (non-hydrogen) atoms. The van der Waals surface area contributed by atoms with Crippen LogP contribution in [0.3, 0.4) is 0 Å². The number of hydrogen-bond acceptors (Lipinski definition) is 2. The highest BCUT2D eigenvalue weighted by Gasteiger charge is 2.28. The van der Waals surface area contributed by atoms with Crippen molar-refractivity contribution in [2.24, 2.45) is 5.92 Å². The zero-order valence-corrected chi connectivity index (χ0v) is 14.6. The summed E-state index contributed by atoms with van der Waals surface area (Å²) in [6.45, 7) is 1.05. The van der Waals surface area contributed by atoms with Gasteiger partial charge < -0.3 is 10.2 Å². The Hall–Kier alpha value is -2.83. The van der Waals surface area contributed by atoms with Crippen LogP contribution >= 0.6 is 0 Å². The molecule has 0 saturated carbocycles. The largest absolute Gasteiger partial charge is 0.352 e. The number of nitrogens with zero attached hydrogens (tertiary/aromatic N) is 1. The minimum absolute atomic E-state index is 0.0908. The second-order valence-corrected chi connectivity index (χ2v) is 6.54. The Kier molecular flexibility index (Phi) is 5.78. The molecule has 1 fully saturated rings. The van der Waals surface area contributed by atoms with E-state index < -0.39 is 11.6 Å². The second kappa shape index (κ2) is 8.24. The summed E-state index contributed by atoms with van der Waals surface area (Å²) in [6, 6.07) is 8.96. The molecule has 2 aromatic carbocycles. The van der Waals surface area contributed by atoms with Crippen molar-refractivity contribution in [2.45, 2.75) is 19.4 Å². The summed E-state index contributed by atoms with van der Waals surface area (Å²) in [7, 11) is 0. The van der Waals surface area contributed by atoms with E-state index in [0.29, 0.717) is 32.5 Å². The van der Waals surface area contributed by atoms with Crippen LogP contribution in [0, 0.1) is 23.4 Å². The minimum Gasteiger partial charge on any atom is -0.352 e. The first-order chi connectivity index (χ1) is 12.9. The van der Waals surface area contributed by atoms with Crippen LogP contribution in [0.1, 0.15) is 28.8 Å². The first-order valence-electron chi connectivity index (χ1n) is 8.70. The number of hydrogen-bond donors (Lipinski definition) is 1. The second-order valence-electron chi connectivity index (χ2n) is 6.54. The lowest BCUT2D eigenvalue weighted by Crippen LogP contribution is -2.43. The number of piperidine rings is 1. The number of carbonyl (C=O) groups is 2. The topological polar surface area (TPSA) is 49.4 Å². The van der Waals surface area contributed by atoms with Crippen LogP contribution in [-0.4, -0.2) is 29.8 Å². The summed E-state index contributed by atoms with van der Waals surface area (Å²) in [5.74, 6) is -3.10. The van der Waals surface area contributed by atoms with Gasteiger partial charge in [0.05, 0.1) is 0 Å². The summed E-state index contributed by atoms with van der Waals surface area (Å²) in [4.78, 5) is 26.2. The van der Waals surface area contributed by atoms with E-state index in [1.165, 1.54) is 23.1 Å². The van der Waals surface area contributed by atoms with Gasteiger partial charge in [-0.2, -0.15) is 0 Å². The van der Waals surface area contributed by atoms with E-state index in [1.807, 2.05) is 0 Å². The van der Waals surface area contributed by atoms with Crippen molar-refractivity contribution in [2.75, 3.05) is 13.1 Å². The fourth-order valence-electron chi connectivity index (χ4n) is 3.09. The fourth-order valence-corrected chi connectivity index (χ4v) is 3.09. The van der Waals surface area contributed by atoms with Gasteiger partial charge in [-0.3, -0.25) is 9.59 Å². The van der Waals surface area contributed by atoms with Gasteiger partial charge in [-0.05, 0) is 48.7 Å². The van der Waals surface area contributed by atoms with Crippen LogP contribution in [0.4, 0.5) is 13.2 Å². The van der Waals surface area contributed by atoms with E-state index in [0.717, 1.165) is 17.7 Å². The molecular formula is C20H19F3N2O2. The number of benzene rings is 2. The highest BCUT2D eigenvalue weighted by atomic mass is 19.2. The number of carbonyl (C=O) groups excluding carboxylic acids is 2. The summed E-state index contributed by atoms with van der Waals surface area (Å²) >= 11 is 0. The Morgan fingerprint density at radius 1 is 0.963 bits per heavy atom. The predicted molar refractivity (Wildman–Crippen MR) is 93.2 cm³/mol. The van der Waals surface area contributed by atoms with E-state index in [-0.39, 0.29) is 29.1 Å². The van der Waals surface area contributed by atoms with Gasteiger partial charge in [0.15, 0.2) is 11.6 Å². The van der Waals surface area contributed by atoms with Crippen LogP contribution in [0.2, 0.25) is 0 Å². The molecular weight excluding hydrogens is 357 g/mol. The molecule has 1 saturated heterocycles. The van der Waals surface area contributed by atoms with Gasteiger partial charge in [0.25, 0.3) is 5.91 Å². The van der Waals surface area contributed by atoms with Gasteiger partial charge in [0.2, 0.25) is 5.91 Å². The van der Waals surface area contributed by atoms with Crippen molar-refractivity contribution in [1.29, 1.82) is 0 Å². The minimum atomic E-state index is -1.06. The molecule has 142 valence electrons. The highest BCUT2D eigenvalue weighted by Crippen LogP contribution is 2.20. The zero-order chi connectivity index (χ0) is 19.4. The molecule has 1 aliphatic rings. The molecule has 1 heterocycles. The van der Waals surface area contributed by atoms with Gasteiger partial charge in [-0.25, -0.2) is 13.2 Å². The summed E-state index contributed by atoms with van der Waals surface area (Å²) in [5.41, 5.74) is 0.892. The lowest BCUT2D eigenvalue weighted by molar-refractivity contribution is -0.126. The SMILES string of the molecule is O=C(NCc1ccc(F)cc1)C1CCN(C(=O)c2ccc(F)c(F)c2)CC1. The molecule has 0 atom stereocenters. The molecule has 0 spiro atoms. The number of likely N-dealkylation sites (tertiary alicyclic amines) is 1. The third kappa shape index (κ3) is 4.67. The molecule has 2 aromatic rings. The third-order valence-electron chi connectivity index (χ3n) is 4.70. The van der Waals surface area contributed by atoms with Crippen molar-refractivity contribution < 1.29 is 22.8 Å². The molecule has 4 nitrogen and oxygen atoms in total. The molecule has 0 radical (unpaired) electrons. The van der Waals surface area contributed by atoms with Crippen LogP contribution in [0.15, 0.2) is 42.5 Å². The predicted octanol–water partition coefficient (Wildman–Crippen LogP) is 3.27. The fraction of sp³-hybridized carbons (Fsp3) is 0.300. The smallest absolute Gasteiger partial charge is 0.253 e. The Morgan fingerprint density at radius 2 is 1.63 bits per heavy atom. The maximum Gasteiger partial charge on any atom is 0.253 e. The van der Waals surface area contributed by atoms with Gasteiger partial charge in [0.1, 0.15) is 5.82 Å². The molecule has 0 aliphatic carbocycles. The number of amides is 2. The lowest BCUT2D eigenvalue weighted by Gasteiger charge is -2.31. The summed E-state index contributed by atoms with van der Waals surface area (Å²) in [5, 5.41) is 2.82. The van der Waals surface area contributed by atoms with E-state index in [4.69, 9.17) is 0 Å². The summed E-state index contributed by atoms with van der Waals surface area (Å²) < 4.78 is 39.2. The average Bonchev–Trinajstić information content (AvgIpc) is 2.69. The molecule has 0 bridgehead atoms. The Morgan fingerprint density at radius 3 is 2.26 bits per heavy atom. The van der Waals surface area contributed by atoms with E-state index >= 15 is 0 Å². The first kappa shape index (κ1) is 18.9. The van der Waals surface area contributed by atoms with Crippen LogP contribution in [-0.2, 0) is 11.3 Å². The van der Waals surface area contributed by atoms with E-state index in [1.54, 1.807) is 12.1 Å². The first-order valence-corrected chi connectivity index (χ1v) is 8.70. The molecule has 0 aromatic heterocycles. The maximum atomic E-state index is 13.3. The summed E-state index contributed by atoms with van der Waals surface area (Å²) in [6.07, 6.45) is 0.981. The number of rotatable bonds is 4.